The van der Waals surface area contributed by atoms with Gasteiger partial charge in [0.25, 0.3) is 11.8 Å². The van der Waals surface area contributed by atoms with Crippen molar-refractivity contribution in [3.8, 4) is 0 Å². The van der Waals surface area contributed by atoms with Crippen molar-refractivity contribution >= 4 is 51.7 Å². The first-order chi connectivity index (χ1) is 16.4. The molecule has 2 aromatic rings. The minimum Gasteiger partial charge on any atom is -0.383 e. The van der Waals surface area contributed by atoms with E-state index in [1.165, 1.54) is 16.8 Å². The topological polar surface area (TPSA) is 129 Å². The summed E-state index contributed by atoms with van der Waals surface area (Å²) in [6.45, 7) is 1.81. The van der Waals surface area contributed by atoms with Gasteiger partial charge in [0.05, 0.1) is 23.0 Å². The summed E-state index contributed by atoms with van der Waals surface area (Å²) in [4.78, 5) is 32.6. The smallest absolute Gasteiger partial charge is 0.267 e. The van der Waals surface area contributed by atoms with Crippen LogP contribution in [0.5, 0.6) is 0 Å². The summed E-state index contributed by atoms with van der Waals surface area (Å²) in [6, 6.07) is 15.6. The second-order valence-electron chi connectivity index (χ2n) is 7.81. The Balaban J connectivity index is 1.58. The molecule has 2 amide bonds. The molecule has 5 N–H and O–H groups in total. The van der Waals surface area contributed by atoms with Crippen LogP contribution in [0.2, 0.25) is 5.02 Å². The number of halogens is 1. The molecular formula is C23H20ClN7O2S. The highest BCUT2D eigenvalue weighted by molar-refractivity contribution is 8.16. The van der Waals surface area contributed by atoms with Gasteiger partial charge in [0.15, 0.2) is 5.17 Å². The van der Waals surface area contributed by atoms with E-state index in [1.54, 1.807) is 24.3 Å². The third-order valence-electron chi connectivity index (χ3n) is 5.78. The SMILES string of the molecule is CC1=NN(c2ccccc2)C(=O)C1C1=CSC2=NC(N)=C(C(=O)NN)C(c3ccc(Cl)cc3)N12. The third kappa shape index (κ3) is 3.56. The Labute approximate surface area is 204 Å². The van der Waals surface area contributed by atoms with Gasteiger partial charge in [-0.1, -0.05) is 53.7 Å². The number of para-hydroxylation sites is 1. The molecule has 3 aliphatic rings. The van der Waals surface area contributed by atoms with Gasteiger partial charge in [0.1, 0.15) is 11.7 Å². The molecule has 0 spiro atoms. The van der Waals surface area contributed by atoms with Crippen molar-refractivity contribution in [3.05, 3.63) is 87.7 Å². The number of nitrogens with two attached hydrogens (primary N) is 2. The Bertz CT molecular complexity index is 1300. The lowest BCUT2D eigenvalue weighted by atomic mass is 9.92. The number of hydrogen-bond acceptors (Lipinski definition) is 8. The van der Waals surface area contributed by atoms with Crippen molar-refractivity contribution in [2.24, 2.45) is 27.6 Å². The molecule has 3 aliphatic heterocycles. The first-order valence-corrected chi connectivity index (χ1v) is 11.6. The molecule has 2 aromatic carbocycles. The van der Waals surface area contributed by atoms with Crippen LogP contribution in [0.25, 0.3) is 0 Å². The van der Waals surface area contributed by atoms with Crippen LogP contribution in [-0.4, -0.2) is 27.6 Å². The van der Waals surface area contributed by atoms with Crippen LogP contribution in [0, 0.1) is 5.92 Å². The number of rotatable bonds is 4. The van der Waals surface area contributed by atoms with Crippen molar-refractivity contribution < 1.29 is 9.59 Å². The van der Waals surface area contributed by atoms with E-state index in [4.69, 9.17) is 23.2 Å². The largest absolute Gasteiger partial charge is 0.383 e. The number of aliphatic imine (C=N–C) groups is 1. The van der Waals surface area contributed by atoms with Crippen molar-refractivity contribution in [1.82, 2.24) is 10.3 Å². The van der Waals surface area contributed by atoms with Gasteiger partial charge in [-0.05, 0) is 42.2 Å². The average Bonchev–Trinajstić information content (AvgIpc) is 3.38. The summed E-state index contributed by atoms with van der Waals surface area (Å²) >= 11 is 7.44. The van der Waals surface area contributed by atoms with Crippen molar-refractivity contribution in [1.29, 1.82) is 0 Å². The maximum atomic E-state index is 13.5. The summed E-state index contributed by atoms with van der Waals surface area (Å²) in [5, 5.41) is 8.89. The molecule has 9 nitrogen and oxygen atoms in total. The average molecular weight is 494 g/mol. The van der Waals surface area contributed by atoms with E-state index < -0.39 is 17.9 Å². The quantitative estimate of drug-likeness (QED) is 0.341. The number of benzene rings is 2. The van der Waals surface area contributed by atoms with Gasteiger partial charge in [-0.3, -0.25) is 15.0 Å². The highest BCUT2D eigenvalue weighted by Crippen LogP contribution is 2.46. The van der Waals surface area contributed by atoms with Gasteiger partial charge < -0.3 is 10.6 Å². The number of nitrogens with one attached hydrogen (secondary N) is 1. The highest BCUT2D eigenvalue weighted by atomic mass is 35.5. The molecule has 5 rings (SSSR count). The summed E-state index contributed by atoms with van der Waals surface area (Å²) in [6.07, 6.45) is 0. The van der Waals surface area contributed by atoms with Crippen LogP contribution in [-0.2, 0) is 9.59 Å². The zero-order valence-electron chi connectivity index (χ0n) is 18.0. The normalized spacial score (nSPS) is 21.9. The number of fused-ring (bicyclic) bond motifs is 1. The first kappa shape index (κ1) is 22.2. The third-order valence-corrected chi connectivity index (χ3v) is 6.89. The van der Waals surface area contributed by atoms with Crippen LogP contribution in [0.3, 0.4) is 0 Å². The van der Waals surface area contributed by atoms with Crippen LogP contribution < -0.4 is 22.0 Å². The van der Waals surface area contributed by atoms with E-state index >= 15 is 0 Å². The summed E-state index contributed by atoms with van der Waals surface area (Å²) in [5.74, 6) is 4.12. The van der Waals surface area contributed by atoms with E-state index in [-0.39, 0.29) is 17.3 Å². The lowest BCUT2D eigenvalue weighted by molar-refractivity contribution is -0.119. The molecule has 2 atom stereocenters. The summed E-state index contributed by atoms with van der Waals surface area (Å²) in [7, 11) is 0. The Morgan fingerprint density at radius 2 is 1.85 bits per heavy atom. The standard InChI is InChI=1S/C23H20ClN7O2S/c1-12-17(22(33)31(29-12)15-5-3-2-4-6-15)16-11-34-23-27-20(25)18(21(32)28-26)19(30(16)23)13-7-9-14(24)10-8-13/h2-11,17,19H,25-26H2,1H3,(H,28,32). The lowest BCUT2D eigenvalue weighted by Gasteiger charge is -2.37. The van der Waals surface area contributed by atoms with Crippen LogP contribution in [0.15, 0.2) is 87.2 Å². The predicted molar refractivity (Wildman–Crippen MR) is 133 cm³/mol. The maximum Gasteiger partial charge on any atom is 0.267 e. The molecule has 0 fully saturated rings. The number of carbonyl (C=O) groups is 2. The Morgan fingerprint density at radius 3 is 2.53 bits per heavy atom. The predicted octanol–water partition coefficient (Wildman–Crippen LogP) is 2.84. The molecular weight excluding hydrogens is 474 g/mol. The molecule has 34 heavy (non-hydrogen) atoms. The fourth-order valence-electron chi connectivity index (χ4n) is 4.26. The number of hydrazone groups is 1. The fourth-order valence-corrected chi connectivity index (χ4v) is 5.33. The van der Waals surface area contributed by atoms with Gasteiger partial charge >= 0.3 is 0 Å². The van der Waals surface area contributed by atoms with E-state index in [0.717, 1.165) is 5.56 Å². The number of amides is 2. The number of hydrogen-bond donors (Lipinski definition) is 3. The Morgan fingerprint density at radius 1 is 1.15 bits per heavy atom. The number of carbonyl (C=O) groups excluding carboxylic acids is 2. The molecule has 2 unspecified atom stereocenters. The lowest BCUT2D eigenvalue weighted by Crippen LogP contribution is -2.44. The minimum atomic E-state index is -0.666. The molecule has 0 saturated carbocycles. The molecule has 11 heteroatoms. The number of amidine groups is 1. The second-order valence-corrected chi connectivity index (χ2v) is 9.08. The summed E-state index contributed by atoms with van der Waals surface area (Å²) < 4.78 is 0. The Hall–Kier alpha value is -3.60. The van der Waals surface area contributed by atoms with Gasteiger partial charge in [-0.25, -0.2) is 10.8 Å². The fraction of sp³-hybridized carbons (Fsp3) is 0.130. The molecule has 0 radical (unpaired) electrons. The molecule has 3 heterocycles. The first-order valence-electron chi connectivity index (χ1n) is 10.4. The van der Waals surface area contributed by atoms with Gasteiger partial charge in [-0.15, -0.1) is 0 Å². The molecule has 172 valence electrons. The van der Waals surface area contributed by atoms with Crippen LogP contribution in [0.4, 0.5) is 5.69 Å². The van der Waals surface area contributed by atoms with E-state index in [1.807, 2.05) is 47.6 Å². The van der Waals surface area contributed by atoms with Gasteiger partial charge in [0, 0.05) is 10.7 Å². The minimum absolute atomic E-state index is 0.0605. The van der Waals surface area contributed by atoms with Gasteiger partial charge in [-0.2, -0.15) is 10.1 Å². The molecule has 0 bridgehead atoms. The zero-order chi connectivity index (χ0) is 24.0. The molecule has 0 aromatic heterocycles. The Kier molecular flexibility index (Phi) is 5.64. The molecule has 0 aliphatic carbocycles. The summed E-state index contributed by atoms with van der Waals surface area (Å²) in [5.41, 5.74) is 11.3. The number of thioether (sulfide) groups is 1. The zero-order valence-corrected chi connectivity index (χ0v) is 19.5. The molecule has 0 saturated heterocycles. The van der Waals surface area contributed by atoms with Crippen LogP contribution in [0.1, 0.15) is 18.5 Å². The van der Waals surface area contributed by atoms with Crippen molar-refractivity contribution in [3.63, 3.8) is 0 Å². The van der Waals surface area contributed by atoms with Crippen LogP contribution >= 0.6 is 23.4 Å². The van der Waals surface area contributed by atoms with E-state index in [9.17, 15) is 9.59 Å². The monoisotopic (exact) mass is 493 g/mol. The second kappa shape index (κ2) is 8.64. The van der Waals surface area contributed by atoms with E-state index in [0.29, 0.717) is 27.3 Å². The number of hydrazine groups is 1. The van der Waals surface area contributed by atoms with E-state index in [2.05, 4.69) is 15.5 Å². The van der Waals surface area contributed by atoms with Crippen molar-refractivity contribution in [2.75, 3.05) is 5.01 Å². The number of anilines is 1. The highest BCUT2D eigenvalue weighted by Gasteiger charge is 2.47. The maximum absolute atomic E-state index is 13.5. The van der Waals surface area contributed by atoms with Crippen molar-refractivity contribution in [2.45, 2.75) is 13.0 Å². The number of nitrogens with zero attached hydrogens (tertiary/aromatic N) is 4. The van der Waals surface area contributed by atoms with Gasteiger partial charge in [0.2, 0.25) is 0 Å².